The van der Waals surface area contributed by atoms with E-state index in [0.717, 1.165) is 56.1 Å². The molecule has 4 aromatic heterocycles. The summed E-state index contributed by atoms with van der Waals surface area (Å²) in [7, 11) is 0. The highest BCUT2D eigenvalue weighted by molar-refractivity contribution is 6.10. The average molecular weight is 564 g/mol. The minimum Gasteiger partial charge on any atom is -0.309 e. The molecule has 0 aliphatic carbocycles. The number of imidazole rings is 1. The third-order valence-corrected chi connectivity index (χ3v) is 8.36. The minimum atomic E-state index is 0.802. The van der Waals surface area contributed by atoms with Crippen LogP contribution in [0.15, 0.2) is 152 Å². The first kappa shape index (κ1) is 24.5. The second kappa shape index (κ2) is 9.75. The molecule has 206 valence electrons. The Kier molecular flexibility index (Phi) is 5.43. The topological polar surface area (TPSA) is 48.5 Å². The Balaban J connectivity index is 1.40. The average Bonchev–Trinajstić information content (AvgIpc) is 3.66. The van der Waals surface area contributed by atoms with Crippen molar-refractivity contribution >= 4 is 43.7 Å². The molecule has 5 aromatic carbocycles. The van der Waals surface area contributed by atoms with Crippen LogP contribution >= 0.6 is 0 Å². The van der Waals surface area contributed by atoms with Crippen LogP contribution in [0, 0.1) is 0 Å². The van der Waals surface area contributed by atoms with E-state index in [9.17, 15) is 0 Å². The molecule has 5 heteroatoms. The largest absolute Gasteiger partial charge is 0.309 e. The van der Waals surface area contributed by atoms with Gasteiger partial charge >= 0.3 is 0 Å². The second-order valence-electron chi connectivity index (χ2n) is 10.9. The van der Waals surface area contributed by atoms with Crippen molar-refractivity contribution in [3.8, 4) is 34.2 Å². The minimum absolute atomic E-state index is 0.802. The van der Waals surface area contributed by atoms with Gasteiger partial charge in [0.25, 0.3) is 0 Å². The number of hydrogen-bond donors (Lipinski definition) is 0. The maximum absolute atomic E-state index is 5.35. The number of nitrogens with zero attached hydrogens (tertiary/aromatic N) is 5. The summed E-state index contributed by atoms with van der Waals surface area (Å²) in [4.78, 5) is 15.3. The summed E-state index contributed by atoms with van der Waals surface area (Å²) in [6.07, 6.45) is 1.82. The first-order valence-corrected chi connectivity index (χ1v) is 14.7. The highest BCUT2D eigenvalue weighted by Crippen LogP contribution is 2.38. The Labute approximate surface area is 253 Å². The highest BCUT2D eigenvalue weighted by atomic mass is 15.1. The molecule has 9 rings (SSSR count). The summed E-state index contributed by atoms with van der Waals surface area (Å²) in [6, 6.07) is 50.5. The Morgan fingerprint density at radius 1 is 0.477 bits per heavy atom. The van der Waals surface area contributed by atoms with Crippen LogP contribution in [0.5, 0.6) is 0 Å². The Morgan fingerprint density at radius 3 is 1.84 bits per heavy atom. The monoisotopic (exact) mass is 563 g/mol. The van der Waals surface area contributed by atoms with Crippen LogP contribution in [-0.2, 0) is 0 Å². The molecule has 0 fully saturated rings. The number of pyridine rings is 2. The van der Waals surface area contributed by atoms with Gasteiger partial charge in [0.15, 0.2) is 0 Å². The van der Waals surface area contributed by atoms with Crippen LogP contribution < -0.4 is 0 Å². The van der Waals surface area contributed by atoms with Crippen molar-refractivity contribution in [3.63, 3.8) is 0 Å². The first-order chi connectivity index (χ1) is 21.8. The second-order valence-corrected chi connectivity index (χ2v) is 10.9. The fourth-order valence-corrected chi connectivity index (χ4v) is 6.46. The standard InChI is InChI=1S/C39H25N5/c1-2-13-26(14-3-1)39-42-36-31-19-4-7-20-32(31)41-37(33-21-10-11-24-40-33)38(36)44(39)28-16-12-15-27(25-28)43-34-22-8-5-17-29(34)30-18-6-9-23-35(30)43/h1-25H. The molecular formula is C39H25N5. The van der Waals surface area contributed by atoms with Gasteiger partial charge in [-0.3, -0.25) is 9.55 Å². The highest BCUT2D eigenvalue weighted by Gasteiger charge is 2.23. The quantitative estimate of drug-likeness (QED) is 0.214. The molecular weight excluding hydrogens is 538 g/mol. The van der Waals surface area contributed by atoms with Gasteiger partial charge in [0.2, 0.25) is 0 Å². The molecule has 0 unspecified atom stereocenters. The maximum atomic E-state index is 5.35. The first-order valence-electron chi connectivity index (χ1n) is 14.7. The fraction of sp³-hybridized carbons (Fsp3) is 0. The van der Waals surface area contributed by atoms with Crippen molar-refractivity contribution in [1.29, 1.82) is 0 Å². The van der Waals surface area contributed by atoms with Crippen LogP contribution in [-0.4, -0.2) is 24.1 Å². The van der Waals surface area contributed by atoms with Gasteiger partial charge in [-0.25, -0.2) is 9.97 Å². The van der Waals surface area contributed by atoms with Crippen LogP contribution in [0.1, 0.15) is 0 Å². The molecule has 9 aromatic rings. The number of fused-ring (bicyclic) bond motifs is 6. The third kappa shape index (κ3) is 3.69. The third-order valence-electron chi connectivity index (χ3n) is 8.36. The number of hydrogen-bond acceptors (Lipinski definition) is 3. The molecule has 44 heavy (non-hydrogen) atoms. The van der Waals surface area contributed by atoms with Gasteiger partial charge < -0.3 is 4.57 Å². The molecule has 0 amide bonds. The molecule has 0 aliphatic heterocycles. The van der Waals surface area contributed by atoms with Gasteiger partial charge in [-0.05, 0) is 48.5 Å². The van der Waals surface area contributed by atoms with E-state index in [2.05, 4.69) is 112 Å². The lowest BCUT2D eigenvalue weighted by Gasteiger charge is -2.15. The molecule has 0 N–H and O–H groups in total. The van der Waals surface area contributed by atoms with Crippen molar-refractivity contribution in [2.24, 2.45) is 0 Å². The van der Waals surface area contributed by atoms with E-state index < -0.39 is 0 Å². The van der Waals surface area contributed by atoms with Crippen molar-refractivity contribution in [1.82, 2.24) is 24.1 Å². The van der Waals surface area contributed by atoms with Crippen molar-refractivity contribution in [3.05, 3.63) is 152 Å². The number of rotatable bonds is 4. The van der Waals surface area contributed by atoms with E-state index in [1.807, 2.05) is 48.7 Å². The molecule has 0 atom stereocenters. The van der Waals surface area contributed by atoms with Gasteiger partial charge in [0.05, 0.1) is 22.2 Å². The zero-order valence-electron chi connectivity index (χ0n) is 23.7. The zero-order chi connectivity index (χ0) is 29.0. The van der Waals surface area contributed by atoms with E-state index in [1.54, 1.807) is 0 Å². The van der Waals surface area contributed by atoms with Gasteiger partial charge in [-0.2, -0.15) is 0 Å². The number of benzene rings is 5. The Morgan fingerprint density at radius 2 is 1.11 bits per heavy atom. The summed E-state index contributed by atoms with van der Waals surface area (Å²) in [5.41, 5.74) is 9.79. The fourth-order valence-electron chi connectivity index (χ4n) is 6.46. The van der Waals surface area contributed by atoms with Crippen LogP contribution in [0.25, 0.3) is 77.9 Å². The summed E-state index contributed by atoms with van der Waals surface area (Å²) in [6.45, 7) is 0. The Bertz CT molecular complexity index is 2440. The van der Waals surface area contributed by atoms with E-state index in [0.29, 0.717) is 0 Å². The molecule has 0 aliphatic rings. The lowest BCUT2D eigenvalue weighted by Crippen LogP contribution is -2.02. The van der Waals surface area contributed by atoms with Crippen LogP contribution in [0.2, 0.25) is 0 Å². The Hall–Kier alpha value is -6.07. The lowest BCUT2D eigenvalue weighted by molar-refractivity contribution is 1.08. The molecule has 0 bridgehead atoms. The molecule has 4 heterocycles. The van der Waals surface area contributed by atoms with E-state index in [4.69, 9.17) is 15.0 Å². The summed E-state index contributed by atoms with van der Waals surface area (Å²) in [5, 5.41) is 3.48. The van der Waals surface area contributed by atoms with E-state index in [1.165, 1.54) is 21.8 Å². The van der Waals surface area contributed by atoms with Crippen LogP contribution in [0.4, 0.5) is 0 Å². The van der Waals surface area contributed by atoms with Crippen molar-refractivity contribution < 1.29 is 0 Å². The summed E-state index contributed by atoms with van der Waals surface area (Å²) < 4.78 is 4.61. The predicted molar refractivity (Wildman–Crippen MR) is 179 cm³/mol. The van der Waals surface area contributed by atoms with Crippen LogP contribution in [0.3, 0.4) is 0 Å². The summed E-state index contributed by atoms with van der Waals surface area (Å²) in [5.74, 6) is 0.857. The molecule has 0 spiro atoms. The molecule has 0 saturated carbocycles. The maximum Gasteiger partial charge on any atom is 0.145 e. The SMILES string of the molecule is c1ccc(-c2nc3c4ccccc4nc(-c4ccccn4)c3n2-c2cccc(-n3c4ccccc4c4ccccc43)c2)cc1. The molecule has 0 saturated heterocycles. The normalized spacial score (nSPS) is 11.6. The van der Waals surface area contributed by atoms with Gasteiger partial charge in [-0.1, -0.05) is 97.1 Å². The van der Waals surface area contributed by atoms with Gasteiger partial charge in [0, 0.05) is 39.3 Å². The number of para-hydroxylation sites is 3. The van der Waals surface area contributed by atoms with Crippen molar-refractivity contribution in [2.45, 2.75) is 0 Å². The summed E-state index contributed by atoms with van der Waals surface area (Å²) >= 11 is 0. The van der Waals surface area contributed by atoms with E-state index >= 15 is 0 Å². The van der Waals surface area contributed by atoms with Gasteiger partial charge in [0.1, 0.15) is 22.6 Å². The molecule has 0 radical (unpaired) electrons. The number of aromatic nitrogens is 5. The van der Waals surface area contributed by atoms with E-state index in [-0.39, 0.29) is 0 Å². The zero-order valence-corrected chi connectivity index (χ0v) is 23.7. The smallest absolute Gasteiger partial charge is 0.145 e. The predicted octanol–water partition coefficient (Wildman–Crippen LogP) is 9.40. The van der Waals surface area contributed by atoms with Crippen molar-refractivity contribution in [2.75, 3.05) is 0 Å². The molecule has 5 nitrogen and oxygen atoms in total. The van der Waals surface area contributed by atoms with Gasteiger partial charge in [-0.15, -0.1) is 0 Å². The lowest BCUT2D eigenvalue weighted by atomic mass is 10.1.